The first-order valence-electron chi connectivity index (χ1n) is 5.90. The fourth-order valence-electron chi connectivity index (χ4n) is 1.69. The Morgan fingerprint density at radius 1 is 1.10 bits per heavy atom. The van der Waals surface area contributed by atoms with E-state index in [4.69, 9.17) is 9.47 Å². The van der Waals surface area contributed by atoms with E-state index >= 15 is 0 Å². The van der Waals surface area contributed by atoms with Gasteiger partial charge in [0.15, 0.2) is 11.5 Å². The second-order valence-corrected chi connectivity index (χ2v) is 5.72. The number of nitrogens with one attached hydrogen (secondary N) is 2. The number of benzene rings is 1. The van der Waals surface area contributed by atoms with Crippen LogP contribution in [0, 0.1) is 0 Å². The van der Waals surface area contributed by atoms with Gasteiger partial charge >= 0.3 is 0 Å². The third-order valence-electron chi connectivity index (χ3n) is 2.73. The number of hydrogen-bond acceptors (Lipinski definition) is 5. The SMILES string of the molecule is COc1ccc(S(=O)(=O)Nc2ccc[nH]c2=O)cc1OC. The molecule has 0 unspecified atom stereocenters. The summed E-state index contributed by atoms with van der Waals surface area (Å²) in [6.07, 6.45) is 1.41. The van der Waals surface area contributed by atoms with Crippen molar-refractivity contribution in [1.29, 1.82) is 0 Å². The number of aromatic amines is 1. The quantitative estimate of drug-likeness (QED) is 0.864. The van der Waals surface area contributed by atoms with Crippen LogP contribution in [0.25, 0.3) is 0 Å². The summed E-state index contributed by atoms with van der Waals surface area (Å²) in [5.74, 6) is 0.691. The van der Waals surface area contributed by atoms with Crippen molar-refractivity contribution in [2.24, 2.45) is 0 Å². The second-order valence-electron chi connectivity index (χ2n) is 4.04. The first-order valence-corrected chi connectivity index (χ1v) is 7.39. The molecule has 0 aliphatic rings. The molecule has 2 N–H and O–H groups in total. The van der Waals surface area contributed by atoms with E-state index in [0.717, 1.165) is 0 Å². The molecular weight excluding hydrogens is 296 g/mol. The predicted octanol–water partition coefficient (Wildman–Crippen LogP) is 1.19. The van der Waals surface area contributed by atoms with Crippen LogP contribution in [-0.4, -0.2) is 27.6 Å². The van der Waals surface area contributed by atoms with E-state index in [-0.39, 0.29) is 16.3 Å². The molecule has 8 heteroatoms. The van der Waals surface area contributed by atoms with Crippen LogP contribution in [0.15, 0.2) is 46.2 Å². The monoisotopic (exact) mass is 310 g/mol. The summed E-state index contributed by atoms with van der Waals surface area (Å²) in [5, 5.41) is 0. The highest BCUT2D eigenvalue weighted by Gasteiger charge is 2.18. The minimum atomic E-state index is -3.90. The minimum absolute atomic E-state index is 0.0385. The molecule has 0 spiro atoms. The average Bonchev–Trinajstić information content (AvgIpc) is 2.48. The largest absolute Gasteiger partial charge is 0.493 e. The van der Waals surface area contributed by atoms with Gasteiger partial charge in [-0.1, -0.05) is 0 Å². The number of H-pyrrole nitrogens is 1. The Bertz CT molecular complexity index is 798. The number of hydrogen-bond donors (Lipinski definition) is 2. The van der Waals surface area contributed by atoms with Gasteiger partial charge in [0.25, 0.3) is 15.6 Å². The van der Waals surface area contributed by atoms with E-state index in [1.54, 1.807) is 0 Å². The molecular formula is C13H14N2O5S. The van der Waals surface area contributed by atoms with Crippen LogP contribution in [0.2, 0.25) is 0 Å². The Kier molecular flexibility index (Phi) is 4.18. The third kappa shape index (κ3) is 3.16. The molecule has 7 nitrogen and oxygen atoms in total. The maximum Gasteiger partial charge on any atom is 0.272 e. The molecule has 0 amide bonds. The van der Waals surface area contributed by atoms with Crippen molar-refractivity contribution < 1.29 is 17.9 Å². The predicted molar refractivity (Wildman–Crippen MR) is 77.4 cm³/mol. The lowest BCUT2D eigenvalue weighted by Crippen LogP contribution is -2.19. The first-order chi connectivity index (χ1) is 9.97. The number of methoxy groups -OCH3 is 2. The van der Waals surface area contributed by atoms with Gasteiger partial charge < -0.3 is 14.5 Å². The zero-order valence-electron chi connectivity index (χ0n) is 11.4. The van der Waals surface area contributed by atoms with Crippen molar-refractivity contribution in [3.8, 4) is 11.5 Å². The number of anilines is 1. The summed E-state index contributed by atoms with van der Waals surface area (Å²) in [7, 11) is -1.04. The fourth-order valence-corrected chi connectivity index (χ4v) is 2.77. The van der Waals surface area contributed by atoms with Crippen molar-refractivity contribution in [2.45, 2.75) is 4.90 Å². The molecule has 112 valence electrons. The van der Waals surface area contributed by atoms with Gasteiger partial charge in [-0.05, 0) is 24.3 Å². The molecule has 0 atom stereocenters. The molecule has 0 aliphatic carbocycles. The van der Waals surface area contributed by atoms with Crippen LogP contribution in [-0.2, 0) is 10.0 Å². The molecule has 21 heavy (non-hydrogen) atoms. The number of sulfonamides is 1. The molecule has 1 aromatic heterocycles. The third-order valence-corrected chi connectivity index (χ3v) is 4.09. The van der Waals surface area contributed by atoms with Gasteiger partial charge in [-0.2, -0.15) is 0 Å². The number of pyridine rings is 1. The molecule has 0 saturated carbocycles. The molecule has 1 heterocycles. The van der Waals surface area contributed by atoms with E-state index in [9.17, 15) is 13.2 Å². The first kappa shape index (κ1) is 14.9. The Morgan fingerprint density at radius 2 is 1.81 bits per heavy atom. The maximum absolute atomic E-state index is 12.3. The van der Waals surface area contributed by atoms with Crippen LogP contribution < -0.4 is 19.8 Å². The molecule has 0 aliphatic heterocycles. The van der Waals surface area contributed by atoms with Gasteiger partial charge in [-0.15, -0.1) is 0 Å². The van der Waals surface area contributed by atoms with Crippen molar-refractivity contribution in [1.82, 2.24) is 4.98 Å². The van der Waals surface area contributed by atoms with Crippen LogP contribution >= 0.6 is 0 Å². The normalized spacial score (nSPS) is 11.0. The van der Waals surface area contributed by atoms with E-state index < -0.39 is 15.6 Å². The molecule has 0 bridgehead atoms. The number of rotatable bonds is 5. The van der Waals surface area contributed by atoms with E-state index in [0.29, 0.717) is 5.75 Å². The summed E-state index contributed by atoms with van der Waals surface area (Å²) in [5.41, 5.74) is -0.589. The van der Waals surface area contributed by atoms with Gasteiger partial charge in [0.05, 0.1) is 19.1 Å². The lowest BCUT2D eigenvalue weighted by molar-refractivity contribution is 0.354. The summed E-state index contributed by atoms with van der Waals surface area (Å²) in [6, 6.07) is 7.05. The molecule has 1 aromatic carbocycles. The lowest BCUT2D eigenvalue weighted by Gasteiger charge is -2.11. The Morgan fingerprint density at radius 3 is 2.43 bits per heavy atom. The van der Waals surface area contributed by atoms with Gasteiger partial charge in [0, 0.05) is 12.3 Å². The fraction of sp³-hybridized carbons (Fsp3) is 0.154. The van der Waals surface area contributed by atoms with Crippen molar-refractivity contribution in [3.63, 3.8) is 0 Å². The maximum atomic E-state index is 12.3. The van der Waals surface area contributed by atoms with E-state index in [1.165, 1.54) is 50.7 Å². The highest BCUT2D eigenvalue weighted by atomic mass is 32.2. The number of aromatic nitrogens is 1. The summed E-state index contributed by atoms with van der Waals surface area (Å²) >= 11 is 0. The average molecular weight is 310 g/mol. The second kappa shape index (κ2) is 5.88. The zero-order chi connectivity index (χ0) is 15.5. The van der Waals surface area contributed by atoms with E-state index in [1.807, 2.05) is 0 Å². The molecule has 0 saturated heterocycles. The lowest BCUT2D eigenvalue weighted by atomic mass is 10.3. The summed E-state index contributed by atoms with van der Waals surface area (Å²) in [6.45, 7) is 0. The number of ether oxygens (including phenoxy) is 2. The van der Waals surface area contributed by atoms with Crippen molar-refractivity contribution in [2.75, 3.05) is 18.9 Å². The topological polar surface area (TPSA) is 97.5 Å². The van der Waals surface area contributed by atoms with Crippen LogP contribution in [0.5, 0.6) is 11.5 Å². The van der Waals surface area contributed by atoms with Gasteiger partial charge in [-0.25, -0.2) is 8.42 Å². The summed E-state index contributed by atoms with van der Waals surface area (Å²) in [4.78, 5) is 13.9. The van der Waals surface area contributed by atoms with Gasteiger partial charge in [0.1, 0.15) is 5.69 Å². The highest BCUT2D eigenvalue weighted by molar-refractivity contribution is 7.92. The van der Waals surface area contributed by atoms with Gasteiger partial charge in [-0.3, -0.25) is 9.52 Å². The van der Waals surface area contributed by atoms with Gasteiger partial charge in [0.2, 0.25) is 0 Å². The Labute approximate surface area is 121 Å². The smallest absolute Gasteiger partial charge is 0.272 e. The van der Waals surface area contributed by atoms with Crippen LogP contribution in [0.1, 0.15) is 0 Å². The molecule has 0 radical (unpaired) electrons. The van der Waals surface area contributed by atoms with Crippen LogP contribution in [0.3, 0.4) is 0 Å². The minimum Gasteiger partial charge on any atom is -0.493 e. The molecule has 2 rings (SSSR count). The summed E-state index contributed by atoms with van der Waals surface area (Å²) < 4.78 is 36.9. The standard InChI is InChI=1S/C13H14N2O5S/c1-19-11-6-5-9(8-12(11)20-2)21(17,18)15-10-4-3-7-14-13(10)16/h3-8,15H,1-2H3,(H,14,16). The molecule has 2 aromatic rings. The highest BCUT2D eigenvalue weighted by Crippen LogP contribution is 2.29. The molecule has 0 fully saturated rings. The Hall–Kier alpha value is -2.48. The van der Waals surface area contributed by atoms with E-state index in [2.05, 4.69) is 9.71 Å². The van der Waals surface area contributed by atoms with Crippen molar-refractivity contribution >= 4 is 15.7 Å². The van der Waals surface area contributed by atoms with Crippen molar-refractivity contribution in [3.05, 3.63) is 46.9 Å². The Balaban J connectivity index is 2.41. The zero-order valence-corrected chi connectivity index (χ0v) is 12.2. The van der Waals surface area contributed by atoms with Crippen LogP contribution in [0.4, 0.5) is 5.69 Å².